The average molecular weight is 346 g/mol. The van der Waals surface area contributed by atoms with E-state index in [9.17, 15) is 0 Å². The van der Waals surface area contributed by atoms with E-state index in [1.54, 1.807) is 0 Å². The standard InChI is InChI=1S/C23H24N2.H2O/c1-4-10-20(11-5-1)23(21-12-6-2-7-13-21,22-14-8-3-9-15-22)25-18-16-24-17-19-25;/h1-15,24H,16-19H2;1H2. The molecule has 0 unspecified atom stereocenters. The summed E-state index contributed by atoms with van der Waals surface area (Å²) >= 11 is 0. The number of piperazine rings is 1. The highest BCUT2D eigenvalue weighted by Crippen LogP contribution is 2.42. The van der Waals surface area contributed by atoms with E-state index in [2.05, 4.69) is 101 Å². The largest absolute Gasteiger partial charge is 0.412 e. The van der Waals surface area contributed by atoms with Crippen LogP contribution in [0.4, 0.5) is 0 Å². The first-order chi connectivity index (χ1) is 12.4. The van der Waals surface area contributed by atoms with Crippen molar-refractivity contribution in [3.63, 3.8) is 0 Å². The fourth-order valence-corrected chi connectivity index (χ4v) is 4.09. The molecular formula is C23H26N2O. The second-order valence-corrected chi connectivity index (χ2v) is 6.55. The Hall–Kier alpha value is -2.46. The normalized spacial score (nSPS) is 15.2. The Morgan fingerprint density at radius 1 is 0.577 bits per heavy atom. The Balaban J connectivity index is 0.00000196. The van der Waals surface area contributed by atoms with Crippen molar-refractivity contribution in [2.75, 3.05) is 26.2 Å². The summed E-state index contributed by atoms with van der Waals surface area (Å²) in [6.45, 7) is 4.10. The molecule has 1 fully saturated rings. The molecular weight excluding hydrogens is 320 g/mol. The van der Waals surface area contributed by atoms with Gasteiger partial charge in [0.25, 0.3) is 0 Å². The zero-order valence-electron chi connectivity index (χ0n) is 14.9. The summed E-state index contributed by atoms with van der Waals surface area (Å²) in [6, 6.07) is 32.8. The molecule has 4 rings (SSSR count). The fourth-order valence-electron chi connectivity index (χ4n) is 4.09. The van der Waals surface area contributed by atoms with E-state index in [0.29, 0.717) is 0 Å². The van der Waals surface area contributed by atoms with Crippen LogP contribution in [0.25, 0.3) is 0 Å². The van der Waals surface area contributed by atoms with Crippen molar-refractivity contribution in [2.24, 2.45) is 0 Å². The van der Waals surface area contributed by atoms with Gasteiger partial charge in [0, 0.05) is 26.2 Å². The van der Waals surface area contributed by atoms with Gasteiger partial charge in [0.15, 0.2) is 0 Å². The van der Waals surface area contributed by atoms with Crippen molar-refractivity contribution in [3.8, 4) is 0 Å². The molecule has 26 heavy (non-hydrogen) atoms. The number of rotatable bonds is 4. The van der Waals surface area contributed by atoms with Crippen LogP contribution in [0.1, 0.15) is 16.7 Å². The minimum atomic E-state index is -0.258. The van der Waals surface area contributed by atoms with Crippen LogP contribution in [0.5, 0.6) is 0 Å². The van der Waals surface area contributed by atoms with Crippen molar-refractivity contribution in [1.29, 1.82) is 0 Å². The molecule has 0 radical (unpaired) electrons. The molecule has 3 aromatic carbocycles. The molecule has 1 heterocycles. The van der Waals surface area contributed by atoms with E-state index < -0.39 is 0 Å². The van der Waals surface area contributed by atoms with E-state index >= 15 is 0 Å². The lowest BCUT2D eigenvalue weighted by molar-refractivity contribution is 0.137. The lowest BCUT2D eigenvalue weighted by Crippen LogP contribution is -2.55. The van der Waals surface area contributed by atoms with E-state index in [4.69, 9.17) is 0 Å². The Bertz CT molecular complexity index is 688. The average Bonchev–Trinajstić information content (AvgIpc) is 2.72. The summed E-state index contributed by atoms with van der Waals surface area (Å²) in [6.07, 6.45) is 0. The van der Waals surface area contributed by atoms with Gasteiger partial charge in [-0.1, -0.05) is 91.0 Å². The van der Waals surface area contributed by atoms with Crippen LogP contribution in [0, 0.1) is 0 Å². The predicted octanol–water partition coefficient (Wildman–Crippen LogP) is 3.06. The van der Waals surface area contributed by atoms with E-state index in [1.807, 2.05) is 0 Å². The van der Waals surface area contributed by atoms with Gasteiger partial charge in [-0.2, -0.15) is 0 Å². The molecule has 3 nitrogen and oxygen atoms in total. The predicted molar refractivity (Wildman–Crippen MR) is 107 cm³/mol. The molecule has 1 aliphatic rings. The molecule has 0 spiro atoms. The number of hydrogen-bond acceptors (Lipinski definition) is 2. The summed E-state index contributed by atoms with van der Waals surface area (Å²) < 4.78 is 0. The smallest absolute Gasteiger partial charge is 0.0973 e. The number of nitrogens with one attached hydrogen (secondary N) is 1. The van der Waals surface area contributed by atoms with Crippen LogP contribution >= 0.6 is 0 Å². The van der Waals surface area contributed by atoms with Crippen LogP contribution in [0.15, 0.2) is 91.0 Å². The van der Waals surface area contributed by atoms with E-state index in [1.165, 1.54) is 16.7 Å². The van der Waals surface area contributed by atoms with Crippen LogP contribution in [0.3, 0.4) is 0 Å². The van der Waals surface area contributed by atoms with Crippen molar-refractivity contribution in [2.45, 2.75) is 5.54 Å². The molecule has 0 saturated carbocycles. The summed E-state index contributed by atoms with van der Waals surface area (Å²) in [4.78, 5) is 2.63. The van der Waals surface area contributed by atoms with E-state index in [0.717, 1.165) is 26.2 Å². The molecule has 3 N–H and O–H groups in total. The topological polar surface area (TPSA) is 46.8 Å². The van der Waals surface area contributed by atoms with Gasteiger partial charge >= 0.3 is 0 Å². The first kappa shape index (κ1) is 18.3. The van der Waals surface area contributed by atoms with E-state index in [-0.39, 0.29) is 11.0 Å². The Morgan fingerprint density at radius 2 is 0.923 bits per heavy atom. The van der Waals surface area contributed by atoms with Gasteiger partial charge in [0.1, 0.15) is 0 Å². The van der Waals surface area contributed by atoms with Crippen LogP contribution in [-0.4, -0.2) is 36.6 Å². The molecule has 3 aromatic rings. The monoisotopic (exact) mass is 346 g/mol. The highest BCUT2D eigenvalue weighted by Gasteiger charge is 2.42. The van der Waals surface area contributed by atoms with Crippen LogP contribution < -0.4 is 5.32 Å². The van der Waals surface area contributed by atoms with Gasteiger partial charge in [-0.3, -0.25) is 4.90 Å². The minimum absolute atomic E-state index is 0. The molecule has 1 saturated heterocycles. The lowest BCUT2D eigenvalue weighted by Gasteiger charge is -2.47. The number of hydrogen-bond donors (Lipinski definition) is 1. The van der Waals surface area contributed by atoms with Gasteiger partial charge in [-0.05, 0) is 16.7 Å². The third-order valence-electron chi connectivity index (χ3n) is 5.17. The zero-order valence-corrected chi connectivity index (χ0v) is 14.9. The van der Waals surface area contributed by atoms with Crippen molar-refractivity contribution in [1.82, 2.24) is 10.2 Å². The second kappa shape index (κ2) is 8.28. The summed E-state index contributed by atoms with van der Waals surface area (Å²) in [5.41, 5.74) is 3.73. The molecule has 0 aromatic heterocycles. The highest BCUT2D eigenvalue weighted by atomic mass is 16.0. The summed E-state index contributed by atoms with van der Waals surface area (Å²) in [5.74, 6) is 0. The molecule has 3 heteroatoms. The van der Waals surface area contributed by atoms with Crippen molar-refractivity contribution < 1.29 is 5.48 Å². The molecule has 0 aliphatic carbocycles. The minimum Gasteiger partial charge on any atom is -0.412 e. The Kier molecular flexibility index (Phi) is 5.84. The van der Waals surface area contributed by atoms with Crippen molar-refractivity contribution in [3.05, 3.63) is 108 Å². The summed E-state index contributed by atoms with van der Waals surface area (Å²) in [5, 5.41) is 3.50. The van der Waals surface area contributed by atoms with Crippen LogP contribution in [-0.2, 0) is 5.54 Å². The third kappa shape index (κ3) is 3.17. The van der Waals surface area contributed by atoms with Crippen molar-refractivity contribution >= 4 is 0 Å². The molecule has 0 atom stereocenters. The number of benzene rings is 3. The zero-order chi connectivity index (χ0) is 17.0. The van der Waals surface area contributed by atoms with Gasteiger partial charge in [-0.25, -0.2) is 0 Å². The van der Waals surface area contributed by atoms with Gasteiger partial charge < -0.3 is 10.8 Å². The lowest BCUT2D eigenvalue weighted by atomic mass is 9.75. The maximum Gasteiger partial charge on any atom is 0.0973 e. The fraction of sp³-hybridized carbons (Fsp3) is 0.217. The molecule has 0 amide bonds. The first-order valence-electron chi connectivity index (χ1n) is 9.05. The van der Waals surface area contributed by atoms with Gasteiger partial charge in [-0.15, -0.1) is 0 Å². The second-order valence-electron chi connectivity index (χ2n) is 6.55. The summed E-state index contributed by atoms with van der Waals surface area (Å²) in [7, 11) is 0. The maximum atomic E-state index is 3.50. The quantitative estimate of drug-likeness (QED) is 0.738. The van der Waals surface area contributed by atoms with Gasteiger partial charge in [0.05, 0.1) is 5.54 Å². The van der Waals surface area contributed by atoms with Gasteiger partial charge in [0.2, 0.25) is 0 Å². The highest BCUT2D eigenvalue weighted by molar-refractivity contribution is 5.49. The molecule has 1 aliphatic heterocycles. The first-order valence-corrected chi connectivity index (χ1v) is 9.05. The van der Waals surface area contributed by atoms with Crippen LogP contribution in [0.2, 0.25) is 0 Å². The SMILES string of the molecule is O.c1ccc(C(c2ccccc2)(c2ccccc2)N2CCNCC2)cc1. The molecule has 134 valence electrons. The third-order valence-corrected chi connectivity index (χ3v) is 5.17. The molecule has 0 bridgehead atoms. The number of nitrogens with zero attached hydrogens (tertiary/aromatic N) is 1. The Labute approximate surface area is 155 Å². The Morgan fingerprint density at radius 3 is 1.27 bits per heavy atom. The maximum absolute atomic E-state index is 3.50.